The maximum absolute atomic E-state index is 12.5. The topological polar surface area (TPSA) is 75.9 Å². The molecule has 1 amide bonds. The van der Waals surface area contributed by atoms with Gasteiger partial charge in [-0.1, -0.05) is 41.9 Å². The molecule has 1 aliphatic rings. The van der Waals surface area contributed by atoms with Gasteiger partial charge in [0.05, 0.1) is 28.0 Å². The van der Waals surface area contributed by atoms with Crippen molar-refractivity contribution in [2.45, 2.75) is 51.9 Å². The number of amides is 1. The fourth-order valence-electron chi connectivity index (χ4n) is 4.97. The van der Waals surface area contributed by atoms with Gasteiger partial charge in [-0.3, -0.25) is 19.7 Å². The van der Waals surface area contributed by atoms with E-state index in [0.29, 0.717) is 17.1 Å². The summed E-state index contributed by atoms with van der Waals surface area (Å²) in [6.45, 7) is 4.00. The molecule has 0 fully saturated rings. The number of nitrogens with zero attached hydrogens (tertiary/aromatic N) is 5. The van der Waals surface area contributed by atoms with Gasteiger partial charge in [-0.15, -0.1) is 0 Å². The molecular formula is C29H31ClN6O. The van der Waals surface area contributed by atoms with Crippen molar-refractivity contribution in [2.75, 3.05) is 0 Å². The number of rotatable bonds is 8. The van der Waals surface area contributed by atoms with Crippen molar-refractivity contribution in [1.29, 1.82) is 0 Å². The highest BCUT2D eigenvalue weighted by molar-refractivity contribution is 6.33. The highest BCUT2D eigenvalue weighted by atomic mass is 35.5. The van der Waals surface area contributed by atoms with Crippen LogP contribution >= 0.6 is 11.6 Å². The van der Waals surface area contributed by atoms with E-state index in [1.54, 1.807) is 12.3 Å². The summed E-state index contributed by atoms with van der Waals surface area (Å²) in [5, 5.41) is 3.28. The fraction of sp³-hybridized carbons (Fsp3) is 0.310. The van der Waals surface area contributed by atoms with Crippen LogP contribution in [-0.2, 0) is 33.1 Å². The maximum atomic E-state index is 12.5. The molecule has 3 heterocycles. The van der Waals surface area contributed by atoms with E-state index in [0.717, 1.165) is 49.4 Å². The summed E-state index contributed by atoms with van der Waals surface area (Å²) in [5.41, 5.74) is 6.27. The molecule has 0 bridgehead atoms. The molecule has 8 heteroatoms. The van der Waals surface area contributed by atoms with Crippen molar-refractivity contribution in [2.24, 2.45) is 7.05 Å². The Kier molecular flexibility index (Phi) is 7.63. The molecule has 0 spiro atoms. The second-order valence-corrected chi connectivity index (χ2v) is 10.0. The maximum Gasteiger partial charge on any atom is 0.253 e. The van der Waals surface area contributed by atoms with Gasteiger partial charge in [0, 0.05) is 51.5 Å². The summed E-state index contributed by atoms with van der Waals surface area (Å²) in [7, 11) is 2.04. The molecule has 1 aromatic carbocycles. The van der Waals surface area contributed by atoms with E-state index in [1.807, 2.05) is 26.2 Å². The SMILES string of the molecule is Cc1nc(CN(Cc2ccc(CNC(=O)c3ccncc3Cl)cc2)C2CCCc3cccnc32)cn1C. The van der Waals surface area contributed by atoms with Gasteiger partial charge in [0.2, 0.25) is 0 Å². The first-order chi connectivity index (χ1) is 18.0. The lowest BCUT2D eigenvalue weighted by molar-refractivity contribution is 0.0951. The molecule has 1 aliphatic carbocycles. The van der Waals surface area contributed by atoms with Crippen LogP contribution in [0.5, 0.6) is 0 Å². The summed E-state index contributed by atoms with van der Waals surface area (Å²) < 4.78 is 2.07. The number of hydrogen-bond donors (Lipinski definition) is 1. The van der Waals surface area contributed by atoms with E-state index in [2.05, 4.69) is 56.3 Å². The van der Waals surface area contributed by atoms with Crippen molar-refractivity contribution in [1.82, 2.24) is 29.7 Å². The fourth-order valence-corrected chi connectivity index (χ4v) is 5.17. The molecule has 1 atom stereocenters. The van der Waals surface area contributed by atoms with Crippen LogP contribution in [0.3, 0.4) is 0 Å². The molecule has 190 valence electrons. The Labute approximate surface area is 222 Å². The number of aromatic nitrogens is 4. The van der Waals surface area contributed by atoms with Gasteiger partial charge < -0.3 is 9.88 Å². The largest absolute Gasteiger partial charge is 0.348 e. The van der Waals surface area contributed by atoms with Crippen LogP contribution in [0.15, 0.2) is 67.3 Å². The molecule has 1 unspecified atom stereocenters. The van der Waals surface area contributed by atoms with E-state index < -0.39 is 0 Å². The Morgan fingerprint density at radius 3 is 2.70 bits per heavy atom. The van der Waals surface area contributed by atoms with Crippen LogP contribution in [0.2, 0.25) is 5.02 Å². The molecule has 7 nitrogen and oxygen atoms in total. The molecule has 5 rings (SSSR count). The Bertz CT molecular complexity index is 1360. The second kappa shape index (κ2) is 11.2. The van der Waals surface area contributed by atoms with Crippen molar-refractivity contribution in [3.8, 4) is 0 Å². The van der Waals surface area contributed by atoms with Gasteiger partial charge in [0.1, 0.15) is 5.82 Å². The van der Waals surface area contributed by atoms with Gasteiger partial charge in [-0.2, -0.15) is 0 Å². The number of imidazole rings is 1. The molecule has 0 radical (unpaired) electrons. The highest BCUT2D eigenvalue weighted by Gasteiger charge is 2.28. The smallest absolute Gasteiger partial charge is 0.253 e. The minimum Gasteiger partial charge on any atom is -0.348 e. The number of fused-ring (bicyclic) bond motifs is 1. The van der Waals surface area contributed by atoms with E-state index in [1.165, 1.54) is 23.0 Å². The van der Waals surface area contributed by atoms with Crippen LogP contribution < -0.4 is 5.32 Å². The summed E-state index contributed by atoms with van der Waals surface area (Å²) in [5.74, 6) is 0.799. The van der Waals surface area contributed by atoms with E-state index >= 15 is 0 Å². The first-order valence-corrected chi connectivity index (χ1v) is 13.0. The van der Waals surface area contributed by atoms with Crippen molar-refractivity contribution in [3.63, 3.8) is 0 Å². The van der Waals surface area contributed by atoms with E-state index in [-0.39, 0.29) is 11.9 Å². The van der Waals surface area contributed by atoms with E-state index in [4.69, 9.17) is 21.6 Å². The number of carbonyl (C=O) groups is 1. The Morgan fingerprint density at radius 2 is 1.95 bits per heavy atom. The number of hydrogen-bond acceptors (Lipinski definition) is 5. The first-order valence-electron chi connectivity index (χ1n) is 12.6. The number of aryl methyl sites for hydroxylation is 3. The average Bonchev–Trinajstić information content (AvgIpc) is 3.23. The third-order valence-electron chi connectivity index (χ3n) is 7.01. The van der Waals surface area contributed by atoms with Crippen LogP contribution in [0.1, 0.15) is 63.1 Å². The molecule has 0 saturated heterocycles. The monoisotopic (exact) mass is 514 g/mol. The Balaban J connectivity index is 1.31. The van der Waals surface area contributed by atoms with Crippen LogP contribution in [-0.4, -0.2) is 30.3 Å². The summed E-state index contributed by atoms with van der Waals surface area (Å²) in [6.07, 6.45) is 10.4. The minimum absolute atomic E-state index is 0.211. The lowest BCUT2D eigenvalue weighted by atomic mass is 9.90. The quantitative estimate of drug-likeness (QED) is 0.350. The summed E-state index contributed by atoms with van der Waals surface area (Å²) in [4.78, 5) is 28.5. The van der Waals surface area contributed by atoms with Gasteiger partial charge in [-0.25, -0.2) is 4.98 Å². The number of pyridine rings is 2. The van der Waals surface area contributed by atoms with Crippen LogP contribution in [0.4, 0.5) is 0 Å². The van der Waals surface area contributed by atoms with E-state index in [9.17, 15) is 4.79 Å². The summed E-state index contributed by atoms with van der Waals surface area (Å²) >= 11 is 6.10. The van der Waals surface area contributed by atoms with Crippen molar-refractivity contribution >= 4 is 17.5 Å². The minimum atomic E-state index is -0.211. The van der Waals surface area contributed by atoms with Crippen LogP contribution in [0.25, 0.3) is 0 Å². The van der Waals surface area contributed by atoms with Crippen LogP contribution in [0, 0.1) is 6.92 Å². The molecule has 4 aromatic rings. The first kappa shape index (κ1) is 25.1. The zero-order valence-electron chi connectivity index (χ0n) is 21.2. The van der Waals surface area contributed by atoms with Gasteiger partial charge in [0.15, 0.2) is 0 Å². The zero-order valence-corrected chi connectivity index (χ0v) is 21.9. The normalized spacial score (nSPS) is 15.0. The number of nitrogens with one attached hydrogen (secondary N) is 1. The standard InChI is InChI=1S/C29H31ClN6O/c1-20-34-24(18-35(20)2)19-36(27-7-3-5-23-6-4-13-32-28(23)27)17-22-10-8-21(9-11-22)15-33-29(37)25-12-14-31-16-26(25)30/h4,6,8-14,16,18,27H,3,5,7,15,17,19H2,1-2H3,(H,33,37). The van der Waals surface area contributed by atoms with Crippen molar-refractivity contribution in [3.05, 3.63) is 112 Å². The third-order valence-corrected chi connectivity index (χ3v) is 7.31. The van der Waals surface area contributed by atoms with Crippen molar-refractivity contribution < 1.29 is 4.79 Å². The molecule has 3 aromatic heterocycles. The molecular weight excluding hydrogens is 484 g/mol. The predicted octanol–water partition coefficient (Wildman–Crippen LogP) is 5.18. The number of benzene rings is 1. The van der Waals surface area contributed by atoms with Gasteiger partial charge in [-0.05, 0) is 55.0 Å². The summed E-state index contributed by atoms with van der Waals surface area (Å²) in [6, 6.07) is 14.5. The lowest BCUT2D eigenvalue weighted by Gasteiger charge is -2.34. The average molecular weight is 515 g/mol. The second-order valence-electron chi connectivity index (χ2n) is 9.61. The Hall–Kier alpha value is -3.55. The van der Waals surface area contributed by atoms with Gasteiger partial charge >= 0.3 is 0 Å². The third kappa shape index (κ3) is 5.89. The Morgan fingerprint density at radius 1 is 1.14 bits per heavy atom. The molecule has 0 aliphatic heterocycles. The van der Waals surface area contributed by atoms with Gasteiger partial charge in [0.25, 0.3) is 5.91 Å². The zero-order chi connectivity index (χ0) is 25.8. The molecule has 37 heavy (non-hydrogen) atoms. The highest BCUT2D eigenvalue weighted by Crippen LogP contribution is 2.34. The number of carbonyl (C=O) groups excluding carboxylic acids is 1. The number of halogens is 1. The molecule has 1 N–H and O–H groups in total. The predicted molar refractivity (Wildman–Crippen MR) is 144 cm³/mol. The lowest BCUT2D eigenvalue weighted by Crippen LogP contribution is -2.31. The molecule has 0 saturated carbocycles.